The highest BCUT2D eigenvalue weighted by atomic mass is 16.1. The lowest BCUT2D eigenvalue weighted by atomic mass is 10.3. The van der Waals surface area contributed by atoms with Crippen molar-refractivity contribution in [2.24, 2.45) is 0 Å². The van der Waals surface area contributed by atoms with Crippen molar-refractivity contribution in [1.29, 1.82) is 0 Å². The van der Waals surface area contributed by atoms with Gasteiger partial charge >= 0.3 is 5.69 Å². The van der Waals surface area contributed by atoms with Gasteiger partial charge in [-0.3, -0.25) is 0 Å². The SMILES string of the molecule is [2H]c1c([2H])c([2H])c2[nH]c(=O)[nH]c2c1[2H]. The summed E-state index contributed by atoms with van der Waals surface area (Å²) < 4.78 is 29.6. The van der Waals surface area contributed by atoms with Crippen LogP contribution < -0.4 is 5.69 Å². The van der Waals surface area contributed by atoms with E-state index in [1.165, 1.54) is 0 Å². The van der Waals surface area contributed by atoms with Crippen LogP contribution in [0.1, 0.15) is 5.48 Å². The van der Waals surface area contributed by atoms with Crippen LogP contribution in [0.4, 0.5) is 0 Å². The Morgan fingerprint density at radius 1 is 1.20 bits per heavy atom. The molecule has 0 atom stereocenters. The molecule has 0 spiro atoms. The van der Waals surface area contributed by atoms with Gasteiger partial charge in [-0.2, -0.15) is 0 Å². The van der Waals surface area contributed by atoms with Gasteiger partial charge in [-0.15, -0.1) is 0 Å². The Kier molecular flexibility index (Phi) is 0.454. The number of imidazole rings is 1. The number of para-hydroxylation sites is 2. The number of nitrogens with one attached hydrogen (secondary N) is 2. The fourth-order valence-corrected chi connectivity index (χ4v) is 0.758. The summed E-state index contributed by atoms with van der Waals surface area (Å²) in [7, 11) is 0. The van der Waals surface area contributed by atoms with Crippen molar-refractivity contribution in [2.75, 3.05) is 0 Å². The molecule has 0 saturated carbocycles. The van der Waals surface area contributed by atoms with Crippen molar-refractivity contribution in [3.63, 3.8) is 0 Å². The van der Waals surface area contributed by atoms with E-state index in [-0.39, 0.29) is 35.2 Å². The van der Waals surface area contributed by atoms with Crippen molar-refractivity contribution in [3.8, 4) is 0 Å². The van der Waals surface area contributed by atoms with E-state index in [4.69, 9.17) is 5.48 Å². The zero-order chi connectivity index (χ0) is 10.5. The van der Waals surface area contributed by atoms with Crippen LogP contribution in [0.5, 0.6) is 0 Å². The topological polar surface area (TPSA) is 48.6 Å². The monoisotopic (exact) mass is 138 g/mol. The zero-order valence-electron chi connectivity index (χ0n) is 8.91. The number of aromatic nitrogens is 2. The molecule has 0 unspecified atom stereocenters. The lowest BCUT2D eigenvalue weighted by Crippen LogP contribution is -1.99. The van der Waals surface area contributed by atoms with Crippen LogP contribution in [0.25, 0.3) is 11.0 Å². The Morgan fingerprint density at radius 2 is 1.70 bits per heavy atom. The molecule has 50 valence electrons. The summed E-state index contributed by atoms with van der Waals surface area (Å²) in [5.41, 5.74) is -0.311. The number of fused-ring (bicyclic) bond motifs is 1. The Labute approximate surface area is 62.3 Å². The van der Waals surface area contributed by atoms with Crippen molar-refractivity contribution in [3.05, 3.63) is 34.7 Å². The van der Waals surface area contributed by atoms with Crippen molar-refractivity contribution in [1.82, 2.24) is 9.97 Å². The van der Waals surface area contributed by atoms with E-state index >= 15 is 0 Å². The summed E-state index contributed by atoms with van der Waals surface area (Å²) in [4.78, 5) is 15.5. The summed E-state index contributed by atoms with van der Waals surface area (Å²) in [6.45, 7) is 0. The minimum Gasteiger partial charge on any atom is -0.306 e. The molecule has 1 heterocycles. The smallest absolute Gasteiger partial charge is 0.306 e. The molecule has 1 aromatic heterocycles. The summed E-state index contributed by atoms with van der Waals surface area (Å²) in [5, 5.41) is 0. The van der Waals surface area contributed by atoms with Crippen LogP contribution in [0.3, 0.4) is 0 Å². The normalized spacial score (nSPS) is 16.0. The fourth-order valence-electron chi connectivity index (χ4n) is 0.758. The van der Waals surface area contributed by atoms with Gasteiger partial charge < -0.3 is 9.97 Å². The number of H-pyrrole nitrogens is 2. The molecule has 3 heteroatoms. The molecule has 0 fully saturated rings. The largest absolute Gasteiger partial charge is 0.323 e. The molecule has 1 aromatic carbocycles. The molecule has 2 aromatic rings. The van der Waals surface area contributed by atoms with Crippen LogP contribution in [0, 0.1) is 0 Å². The fraction of sp³-hybridized carbons (Fsp3) is 0. The third-order valence-corrected chi connectivity index (χ3v) is 1.16. The van der Waals surface area contributed by atoms with Gasteiger partial charge in [0.1, 0.15) is 0 Å². The Balaban J connectivity index is 3.08. The highest BCUT2D eigenvalue weighted by Gasteiger charge is 1.92. The molecular weight excluding hydrogens is 128 g/mol. The second-order valence-corrected chi connectivity index (χ2v) is 1.83. The van der Waals surface area contributed by atoms with E-state index in [2.05, 4.69) is 9.97 Å². The first kappa shape index (κ1) is 2.62. The molecule has 10 heavy (non-hydrogen) atoms. The summed E-state index contributed by atoms with van der Waals surface area (Å²) in [5.74, 6) is 0. The molecule has 0 aliphatic carbocycles. The van der Waals surface area contributed by atoms with E-state index in [0.29, 0.717) is 0 Å². The van der Waals surface area contributed by atoms with Gasteiger partial charge in [0.25, 0.3) is 0 Å². The predicted molar refractivity (Wildman–Crippen MR) is 38.9 cm³/mol. The molecule has 2 N–H and O–H groups in total. The molecule has 0 saturated heterocycles. The van der Waals surface area contributed by atoms with Gasteiger partial charge in [0.2, 0.25) is 0 Å². The van der Waals surface area contributed by atoms with Crippen LogP contribution in [-0.2, 0) is 0 Å². The summed E-state index contributed by atoms with van der Waals surface area (Å²) in [6, 6.07) is -1.17. The minimum atomic E-state index is -0.535. The molecule has 0 radical (unpaired) electrons. The summed E-state index contributed by atoms with van der Waals surface area (Å²) >= 11 is 0. The number of aromatic amines is 2. The number of hydrogen-bond donors (Lipinski definition) is 2. The summed E-state index contributed by atoms with van der Waals surface area (Å²) in [6.07, 6.45) is 0. The molecule has 0 aliphatic heterocycles. The molecule has 0 amide bonds. The first-order valence-electron chi connectivity index (χ1n) is 4.70. The molecule has 3 nitrogen and oxygen atoms in total. The number of hydrogen-bond acceptors (Lipinski definition) is 1. The first-order valence-corrected chi connectivity index (χ1v) is 2.70. The van der Waals surface area contributed by atoms with E-state index in [0.717, 1.165) is 0 Å². The minimum absolute atomic E-state index is 0.112. The molecule has 0 bridgehead atoms. The standard InChI is InChI=1S/C7H6N2O/c10-7-8-5-3-1-2-4-6(5)9-7/h1-4H,(H2,8,9,10)/i1D,2D,3D,4D. The maximum Gasteiger partial charge on any atom is 0.323 e. The highest BCUT2D eigenvalue weighted by Crippen LogP contribution is 2.03. The van der Waals surface area contributed by atoms with Gasteiger partial charge in [0, 0.05) is 0 Å². The second kappa shape index (κ2) is 1.73. The van der Waals surface area contributed by atoms with Crippen molar-refractivity contribution in [2.45, 2.75) is 0 Å². The Bertz CT molecular complexity index is 523. The number of rotatable bonds is 0. The van der Waals surface area contributed by atoms with E-state index in [9.17, 15) is 4.79 Å². The van der Waals surface area contributed by atoms with E-state index in [1.54, 1.807) is 0 Å². The molecule has 2 rings (SSSR count). The van der Waals surface area contributed by atoms with E-state index < -0.39 is 5.69 Å². The lowest BCUT2D eigenvalue weighted by Gasteiger charge is -1.81. The van der Waals surface area contributed by atoms with Crippen LogP contribution >= 0.6 is 0 Å². The first-order chi connectivity index (χ1) is 6.52. The van der Waals surface area contributed by atoms with Crippen LogP contribution in [0.2, 0.25) is 0 Å². The Hall–Kier alpha value is -1.51. The maximum absolute atomic E-state index is 10.9. The maximum atomic E-state index is 10.9. The average Bonchev–Trinajstić information content (AvgIpc) is 2.54. The second-order valence-electron chi connectivity index (χ2n) is 1.83. The Morgan fingerprint density at radius 3 is 2.20 bits per heavy atom. The third kappa shape index (κ3) is 0.639. The van der Waals surface area contributed by atoms with Crippen molar-refractivity contribution >= 4 is 11.0 Å². The third-order valence-electron chi connectivity index (χ3n) is 1.16. The predicted octanol–water partition coefficient (Wildman–Crippen LogP) is 0.856. The number of benzene rings is 1. The van der Waals surface area contributed by atoms with Crippen LogP contribution in [-0.4, -0.2) is 9.97 Å². The molecular formula is C7H6N2O. The van der Waals surface area contributed by atoms with Gasteiger partial charge in [-0.05, 0) is 12.1 Å². The van der Waals surface area contributed by atoms with Gasteiger partial charge in [0.15, 0.2) is 0 Å². The van der Waals surface area contributed by atoms with Crippen molar-refractivity contribution < 1.29 is 5.48 Å². The van der Waals surface area contributed by atoms with Gasteiger partial charge in [-0.25, -0.2) is 4.79 Å². The van der Waals surface area contributed by atoms with Gasteiger partial charge in [-0.1, -0.05) is 12.1 Å². The lowest BCUT2D eigenvalue weighted by molar-refractivity contribution is 1.22. The quantitative estimate of drug-likeness (QED) is 0.557. The highest BCUT2D eigenvalue weighted by molar-refractivity contribution is 5.73. The average molecular weight is 138 g/mol. The zero-order valence-corrected chi connectivity index (χ0v) is 4.91. The molecule has 0 aliphatic rings. The van der Waals surface area contributed by atoms with Crippen LogP contribution in [0.15, 0.2) is 29.0 Å². The van der Waals surface area contributed by atoms with E-state index in [1.807, 2.05) is 0 Å². The van der Waals surface area contributed by atoms with Gasteiger partial charge in [0.05, 0.1) is 16.5 Å².